The molecule has 0 bridgehead atoms. The molecular formula is C18H17INO+. The quantitative estimate of drug-likeness (QED) is 0.471. The lowest BCUT2D eigenvalue weighted by Crippen LogP contribution is -2.33. The normalized spacial score (nSPS) is 10.9. The number of ether oxygens (including phenoxy) is 1. The molecule has 0 saturated heterocycles. The predicted octanol–water partition coefficient (Wildman–Crippen LogP) is 4.25. The van der Waals surface area contributed by atoms with E-state index in [2.05, 4.69) is 77.5 Å². The number of hydrogen-bond donors (Lipinski definition) is 0. The number of para-hydroxylation sites is 1. The van der Waals surface area contributed by atoms with E-state index in [1.54, 1.807) is 7.11 Å². The van der Waals surface area contributed by atoms with Crippen LogP contribution in [0.1, 0.15) is 5.56 Å². The van der Waals surface area contributed by atoms with Gasteiger partial charge in [0.15, 0.2) is 0 Å². The SMILES string of the molecule is COc1ccc(-c2c(I)c(C)c3ccccc3[n+]2C)cc1. The Bertz CT molecular complexity index is 810. The number of aryl methyl sites for hydroxylation is 2. The summed E-state index contributed by atoms with van der Waals surface area (Å²) in [5.41, 5.74) is 5.03. The van der Waals surface area contributed by atoms with Gasteiger partial charge in [-0.05, 0) is 65.4 Å². The number of methoxy groups -OCH3 is 1. The highest BCUT2D eigenvalue weighted by Gasteiger charge is 2.21. The van der Waals surface area contributed by atoms with Gasteiger partial charge in [-0.25, -0.2) is 0 Å². The van der Waals surface area contributed by atoms with Gasteiger partial charge in [-0.2, -0.15) is 4.57 Å². The van der Waals surface area contributed by atoms with Gasteiger partial charge < -0.3 is 4.74 Å². The lowest BCUT2D eigenvalue weighted by molar-refractivity contribution is -0.634. The number of fused-ring (bicyclic) bond motifs is 1. The average Bonchev–Trinajstić information content (AvgIpc) is 2.53. The Morgan fingerprint density at radius 1 is 1.00 bits per heavy atom. The van der Waals surface area contributed by atoms with Crippen LogP contribution < -0.4 is 9.30 Å². The number of hydrogen-bond acceptors (Lipinski definition) is 1. The lowest BCUT2D eigenvalue weighted by Gasteiger charge is -2.10. The van der Waals surface area contributed by atoms with Crippen LogP contribution in [0.2, 0.25) is 0 Å². The molecule has 0 fully saturated rings. The van der Waals surface area contributed by atoms with Crippen molar-refractivity contribution in [2.75, 3.05) is 7.11 Å². The van der Waals surface area contributed by atoms with Crippen LogP contribution in [0, 0.1) is 10.5 Å². The van der Waals surface area contributed by atoms with Gasteiger partial charge >= 0.3 is 0 Å². The van der Waals surface area contributed by atoms with E-state index in [1.165, 1.54) is 31.3 Å². The highest BCUT2D eigenvalue weighted by Crippen LogP contribution is 2.30. The van der Waals surface area contributed by atoms with Crippen molar-refractivity contribution in [1.82, 2.24) is 0 Å². The van der Waals surface area contributed by atoms with Crippen LogP contribution in [-0.2, 0) is 7.05 Å². The van der Waals surface area contributed by atoms with E-state index in [4.69, 9.17) is 4.74 Å². The second-order valence-electron chi connectivity index (χ2n) is 5.09. The Morgan fingerprint density at radius 3 is 2.33 bits per heavy atom. The van der Waals surface area contributed by atoms with Crippen molar-refractivity contribution in [2.24, 2.45) is 7.05 Å². The second kappa shape index (κ2) is 5.64. The maximum Gasteiger partial charge on any atom is 0.226 e. The van der Waals surface area contributed by atoms with Gasteiger partial charge in [0, 0.05) is 11.6 Å². The molecular weight excluding hydrogens is 373 g/mol. The average molecular weight is 390 g/mol. The van der Waals surface area contributed by atoms with Crippen LogP contribution in [0.4, 0.5) is 0 Å². The molecule has 2 nitrogen and oxygen atoms in total. The van der Waals surface area contributed by atoms with Gasteiger partial charge in [-0.3, -0.25) is 0 Å². The van der Waals surface area contributed by atoms with Crippen LogP contribution in [-0.4, -0.2) is 7.11 Å². The molecule has 106 valence electrons. The van der Waals surface area contributed by atoms with Gasteiger partial charge in [0.05, 0.1) is 16.1 Å². The summed E-state index contributed by atoms with van der Waals surface area (Å²) < 4.78 is 8.81. The number of nitrogens with zero attached hydrogens (tertiary/aromatic N) is 1. The van der Waals surface area contributed by atoms with E-state index in [1.807, 2.05) is 12.1 Å². The zero-order valence-electron chi connectivity index (χ0n) is 12.4. The molecule has 3 heteroatoms. The smallest absolute Gasteiger partial charge is 0.226 e. The molecule has 0 atom stereocenters. The van der Waals surface area contributed by atoms with Crippen LogP contribution >= 0.6 is 22.6 Å². The summed E-state index contributed by atoms with van der Waals surface area (Å²) in [4.78, 5) is 0. The van der Waals surface area contributed by atoms with Gasteiger partial charge in [0.2, 0.25) is 11.2 Å². The maximum atomic E-state index is 5.25. The third-order valence-corrected chi connectivity index (χ3v) is 5.23. The number of pyridine rings is 1. The van der Waals surface area contributed by atoms with Crippen molar-refractivity contribution in [2.45, 2.75) is 6.92 Å². The van der Waals surface area contributed by atoms with Crippen molar-refractivity contribution in [3.05, 3.63) is 57.7 Å². The zero-order valence-corrected chi connectivity index (χ0v) is 14.5. The Hall–Kier alpha value is -1.62. The lowest BCUT2D eigenvalue weighted by atomic mass is 10.0. The first-order chi connectivity index (χ1) is 10.1. The van der Waals surface area contributed by atoms with Crippen molar-refractivity contribution in [3.8, 4) is 17.0 Å². The molecule has 0 N–H and O–H groups in total. The van der Waals surface area contributed by atoms with E-state index in [9.17, 15) is 0 Å². The molecule has 3 rings (SSSR count). The summed E-state index contributed by atoms with van der Waals surface area (Å²) in [6.07, 6.45) is 0. The second-order valence-corrected chi connectivity index (χ2v) is 6.17. The fourth-order valence-electron chi connectivity index (χ4n) is 2.72. The molecule has 0 aliphatic heterocycles. The van der Waals surface area contributed by atoms with Crippen LogP contribution in [0.5, 0.6) is 5.75 Å². The standard InChI is InChI=1S/C18H17INO/c1-12-15-6-4-5-7-16(15)20(2)18(17(12)19)13-8-10-14(21-3)11-9-13/h4-11H,1-3H3/q+1. The fourth-order valence-corrected chi connectivity index (χ4v) is 3.68. The third kappa shape index (κ3) is 2.39. The molecule has 21 heavy (non-hydrogen) atoms. The Labute approximate surface area is 138 Å². The topological polar surface area (TPSA) is 13.1 Å². The zero-order chi connectivity index (χ0) is 15.0. The molecule has 1 heterocycles. The Kier molecular flexibility index (Phi) is 3.85. The number of aromatic nitrogens is 1. The highest BCUT2D eigenvalue weighted by molar-refractivity contribution is 14.1. The molecule has 0 radical (unpaired) electrons. The molecule has 1 aromatic heterocycles. The summed E-state index contributed by atoms with van der Waals surface area (Å²) in [6, 6.07) is 16.8. The van der Waals surface area contributed by atoms with Gasteiger partial charge in [0.1, 0.15) is 12.8 Å². The molecule has 2 aromatic carbocycles. The summed E-state index contributed by atoms with van der Waals surface area (Å²) in [5.74, 6) is 0.883. The molecule has 0 unspecified atom stereocenters. The van der Waals surface area contributed by atoms with Crippen LogP contribution in [0.3, 0.4) is 0 Å². The fraction of sp³-hybridized carbons (Fsp3) is 0.167. The maximum absolute atomic E-state index is 5.25. The molecule has 0 spiro atoms. The van der Waals surface area contributed by atoms with Crippen molar-refractivity contribution >= 4 is 33.5 Å². The molecule has 3 aromatic rings. The summed E-state index contributed by atoms with van der Waals surface area (Å²) in [6.45, 7) is 2.19. The van der Waals surface area contributed by atoms with E-state index in [0.717, 1.165) is 5.75 Å². The Morgan fingerprint density at radius 2 is 1.67 bits per heavy atom. The van der Waals surface area contributed by atoms with Gasteiger partial charge in [0.25, 0.3) is 0 Å². The van der Waals surface area contributed by atoms with Gasteiger partial charge in [-0.1, -0.05) is 12.1 Å². The monoisotopic (exact) mass is 390 g/mol. The van der Waals surface area contributed by atoms with Crippen LogP contribution in [0.15, 0.2) is 48.5 Å². The van der Waals surface area contributed by atoms with Gasteiger partial charge in [-0.15, -0.1) is 0 Å². The number of halogens is 1. The van der Waals surface area contributed by atoms with E-state index < -0.39 is 0 Å². The molecule has 0 aliphatic carbocycles. The van der Waals surface area contributed by atoms with Crippen LogP contribution in [0.25, 0.3) is 22.2 Å². The summed E-state index contributed by atoms with van der Waals surface area (Å²) in [7, 11) is 3.82. The minimum Gasteiger partial charge on any atom is -0.497 e. The van der Waals surface area contributed by atoms with E-state index in [-0.39, 0.29) is 0 Å². The highest BCUT2D eigenvalue weighted by atomic mass is 127. The molecule has 0 amide bonds. The van der Waals surface area contributed by atoms with E-state index >= 15 is 0 Å². The summed E-state index contributed by atoms with van der Waals surface area (Å²) >= 11 is 2.45. The predicted molar refractivity (Wildman–Crippen MR) is 94.6 cm³/mol. The number of benzene rings is 2. The minimum atomic E-state index is 0.883. The first-order valence-electron chi connectivity index (χ1n) is 6.84. The third-order valence-electron chi connectivity index (χ3n) is 3.91. The Balaban J connectivity index is 2.31. The first kappa shape index (κ1) is 14.3. The number of rotatable bonds is 2. The summed E-state index contributed by atoms with van der Waals surface area (Å²) in [5, 5.41) is 1.31. The molecule has 0 aliphatic rings. The first-order valence-corrected chi connectivity index (χ1v) is 7.92. The van der Waals surface area contributed by atoms with Crippen molar-refractivity contribution in [3.63, 3.8) is 0 Å². The molecule has 0 saturated carbocycles. The van der Waals surface area contributed by atoms with Crippen molar-refractivity contribution in [1.29, 1.82) is 0 Å². The van der Waals surface area contributed by atoms with E-state index in [0.29, 0.717) is 0 Å². The van der Waals surface area contributed by atoms with Crippen molar-refractivity contribution < 1.29 is 9.30 Å². The largest absolute Gasteiger partial charge is 0.497 e. The minimum absolute atomic E-state index is 0.883.